The van der Waals surface area contributed by atoms with Gasteiger partial charge in [-0.1, -0.05) is 11.8 Å². The van der Waals surface area contributed by atoms with Gasteiger partial charge in [-0.2, -0.15) is 0 Å². The van der Waals surface area contributed by atoms with Gasteiger partial charge in [0.25, 0.3) is 0 Å². The molecule has 1 N–H and O–H groups in total. The van der Waals surface area contributed by atoms with Crippen LogP contribution in [0.5, 0.6) is 0 Å². The lowest BCUT2D eigenvalue weighted by atomic mass is 10.1. The number of hydrogen-bond acceptors (Lipinski definition) is 2. The standard InChI is InChI=1S/C10H17NO/c1-10(2,12)6-5-9-11-7-3-4-8-11/h12H,3-4,7-9H2,1-2H3. The Morgan fingerprint density at radius 1 is 1.33 bits per heavy atom. The highest BCUT2D eigenvalue weighted by Gasteiger charge is 2.10. The van der Waals surface area contributed by atoms with Crippen LogP contribution in [0.1, 0.15) is 26.7 Å². The van der Waals surface area contributed by atoms with E-state index in [0.29, 0.717) is 0 Å². The Balaban J connectivity index is 2.26. The van der Waals surface area contributed by atoms with Gasteiger partial charge in [0.05, 0.1) is 6.54 Å². The Bertz CT molecular complexity index is 188. The second-order valence-electron chi connectivity index (χ2n) is 3.84. The van der Waals surface area contributed by atoms with E-state index in [1.807, 2.05) is 0 Å². The zero-order chi connectivity index (χ0) is 9.03. The Labute approximate surface area is 74.6 Å². The van der Waals surface area contributed by atoms with Crippen LogP contribution in [0.2, 0.25) is 0 Å². The molecular formula is C10H17NO. The van der Waals surface area contributed by atoms with Gasteiger partial charge in [-0.15, -0.1) is 0 Å². The lowest BCUT2D eigenvalue weighted by Gasteiger charge is -2.10. The molecule has 0 aromatic carbocycles. The first-order valence-electron chi connectivity index (χ1n) is 4.53. The van der Waals surface area contributed by atoms with Crippen molar-refractivity contribution in [2.24, 2.45) is 0 Å². The van der Waals surface area contributed by atoms with Crippen molar-refractivity contribution in [2.45, 2.75) is 32.3 Å². The molecule has 0 atom stereocenters. The molecule has 1 fully saturated rings. The van der Waals surface area contributed by atoms with Crippen molar-refractivity contribution in [3.63, 3.8) is 0 Å². The topological polar surface area (TPSA) is 23.5 Å². The van der Waals surface area contributed by atoms with Crippen LogP contribution in [0.4, 0.5) is 0 Å². The summed E-state index contributed by atoms with van der Waals surface area (Å²) in [6.45, 7) is 6.57. The van der Waals surface area contributed by atoms with Crippen molar-refractivity contribution in [1.82, 2.24) is 4.90 Å². The van der Waals surface area contributed by atoms with E-state index in [0.717, 1.165) is 6.54 Å². The number of likely N-dealkylation sites (tertiary alicyclic amines) is 1. The van der Waals surface area contributed by atoms with Gasteiger partial charge in [-0.05, 0) is 39.8 Å². The number of hydrogen-bond donors (Lipinski definition) is 1. The molecule has 1 aliphatic heterocycles. The third kappa shape index (κ3) is 3.75. The zero-order valence-electron chi connectivity index (χ0n) is 7.93. The summed E-state index contributed by atoms with van der Waals surface area (Å²) >= 11 is 0. The molecule has 0 unspecified atom stereocenters. The first-order valence-corrected chi connectivity index (χ1v) is 4.53. The fourth-order valence-corrected chi connectivity index (χ4v) is 1.31. The maximum Gasteiger partial charge on any atom is 0.120 e. The maximum atomic E-state index is 9.30. The van der Waals surface area contributed by atoms with Crippen LogP contribution in [0, 0.1) is 11.8 Å². The molecule has 0 saturated carbocycles. The summed E-state index contributed by atoms with van der Waals surface area (Å²) in [5, 5.41) is 9.30. The molecule has 1 heterocycles. The normalized spacial score (nSPS) is 18.9. The van der Waals surface area contributed by atoms with Crippen LogP contribution in [0.3, 0.4) is 0 Å². The van der Waals surface area contributed by atoms with Gasteiger partial charge in [-0.25, -0.2) is 0 Å². The van der Waals surface area contributed by atoms with Crippen LogP contribution < -0.4 is 0 Å². The molecule has 2 heteroatoms. The average Bonchev–Trinajstić information content (AvgIpc) is 2.36. The smallest absolute Gasteiger partial charge is 0.120 e. The Kier molecular flexibility index (Phi) is 3.13. The number of aliphatic hydroxyl groups is 1. The van der Waals surface area contributed by atoms with Crippen molar-refractivity contribution in [3.05, 3.63) is 0 Å². The molecule has 0 amide bonds. The van der Waals surface area contributed by atoms with Crippen LogP contribution >= 0.6 is 0 Å². The Hall–Kier alpha value is -0.520. The van der Waals surface area contributed by atoms with Crippen molar-refractivity contribution < 1.29 is 5.11 Å². The van der Waals surface area contributed by atoms with Crippen molar-refractivity contribution in [3.8, 4) is 11.8 Å². The summed E-state index contributed by atoms with van der Waals surface area (Å²) in [5.41, 5.74) is -0.834. The summed E-state index contributed by atoms with van der Waals surface area (Å²) in [7, 11) is 0. The molecule has 0 spiro atoms. The van der Waals surface area contributed by atoms with Gasteiger partial charge in [-0.3, -0.25) is 4.90 Å². The molecule has 0 bridgehead atoms. The summed E-state index contributed by atoms with van der Waals surface area (Å²) in [5.74, 6) is 5.81. The van der Waals surface area contributed by atoms with Crippen LogP contribution in [0.15, 0.2) is 0 Å². The predicted octanol–water partition coefficient (Wildman–Crippen LogP) is 0.857. The van der Waals surface area contributed by atoms with Gasteiger partial charge >= 0.3 is 0 Å². The summed E-state index contributed by atoms with van der Waals surface area (Å²) in [4.78, 5) is 2.32. The minimum absolute atomic E-state index is 0.810. The molecule has 68 valence electrons. The van der Waals surface area contributed by atoms with E-state index >= 15 is 0 Å². The highest BCUT2D eigenvalue weighted by molar-refractivity contribution is 5.11. The second-order valence-corrected chi connectivity index (χ2v) is 3.84. The minimum Gasteiger partial charge on any atom is -0.378 e. The summed E-state index contributed by atoms with van der Waals surface area (Å²) < 4.78 is 0. The molecule has 1 rings (SSSR count). The van der Waals surface area contributed by atoms with E-state index in [4.69, 9.17) is 0 Å². The van der Waals surface area contributed by atoms with Crippen molar-refractivity contribution in [2.75, 3.05) is 19.6 Å². The highest BCUT2D eigenvalue weighted by atomic mass is 16.3. The molecule has 0 radical (unpaired) electrons. The van der Waals surface area contributed by atoms with E-state index in [1.54, 1.807) is 13.8 Å². The highest BCUT2D eigenvalue weighted by Crippen LogP contribution is 2.05. The third-order valence-electron chi connectivity index (χ3n) is 1.90. The molecule has 0 aliphatic carbocycles. The third-order valence-corrected chi connectivity index (χ3v) is 1.90. The number of rotatable bonds is 1. The van der Waals surface area contributed by atoms with E-state index in [9.17, 15) is 5.11 Å². The van der Waals surface area contributed by atoms with Gasteiger partial charge in [0, 0.05) is 0 Å². The first kappa shape index (κ1) is 9.57. The first-order chi connectivity index (χ1) is 5.58. The van der Waals surface area contributed by atoms with Gasteiger partial charge in [0.2, 0.25) is 0 Å². The van der Waals surface area contributed by atoms with Gasteiger partial charge in [0.15, 0.2) is 0 Å². The van der Waals surface area contributed by atoms with Gasteiger partial charge in [0.1, 0.15) is 5.60 Å². The maximum absolute atomic E-state index is 9.30. The molecule has 12 heavy (non-hydrogen) atoms. The van der Waals surface area contributed by atoms with E-state index < -0.39 is 5.60 Å². The second kappa shape index (κ2) is 3.93. The summed E-state index contributed by atoms with van der Waals surface area (Å²) in [6.07, 6.45) is 2.59. The Morgan fingerprint density at radius 3 is 2.42 bits per heavy atom. The quantitative estimate of drug-likeness (QED) is 0.585. The largest absolute Gasteiger partial charge is 0.378 e. The van der Waals surface area contributed by atoms with E-state index in [1.165, 1.54) is 25.9 Å². The zero-order valence-corrected chi connectivity index (χ0v) is 7.93. The Morgan fingerprint density at radius 2 is 1.92 bits per heavy atom. The molecule has 2 nitrogen and oxygen atoms in total. The molecular weight excluding hydrogens is 150 g/mol. The van der Waals surface area contributed by atoms with E-state index in [2.05, 4.69) is 16.7 Å². The number of nitrogens with zero attached hydrogens (tertiary/aromatic N) is 1. The monoisotopic (exact) mass is 167 g/mol. The molecule has 0 aromatic heterocycles. The van der Waals surface area contributed by atoms with Crippen LogP contribution in [0.25, 0.3) is 0 Å². The fraction of sp³-hybridized carbons (Fsp3) is 0.800. The molecule has 1 aliphatic rings. The molecule has 1 saturated heterocycles. The van der Waals surface area contributed by atoms with Crippen molar-refractivity contribution >= 4 is 0 Å². The van der Waals surface area contributed by atoms with E-state index in [-0.39, 0.29) is 0 Å². The lowest BCUT2D eigenvalue weighted by molar-refractivity contribution is 0.143. The SMILES string of the molecule is CC(C)(O)C#CCN1CCCC1. The van der Waals surface area contributed by atoms with Crippen LogP contribution in [-0.4, -0.2) is 35.2 Å². The van der Waals surface area contributed by atoms with Gasteiger partial charge < -0.3 is 5.11 Å². The van der Waals surface area contributed by atoms with Crippen LogP contribution in [-0.2, 0) is 0 Å². The fourth-order valence-electron chi connectivity index (χ4n) is 1.31. The lowest BCUT2D eigenvalue weighted by Crippen LogP contribution is -2.20. The average molecular weight is 167 g/mol. The predicted molar refractivity (Wildman–Crippen MR) is 49.7 cm³/mol. The summed E-state index contributed by atoms with van der Waals surface area (Å²) in [6, 6.07) is 0. The molecule has 0 aromatic rings. The van der Waals surface area contributed by atoms with Crippen molar-refractivity contribution in [1.29, 1.82) is 0 Å². The minimum atomic E-state index is -0.834.